The molecule has 4 saturated carbocycles. The molecule has 0 heterocycles. The van der Waals surface area contributed by atoms with Crippen molar-refractivity contribution >= 4 is 27.0 Å². The van der Waals surface area contributed by atoms with Crippen LogP contribution in [-0.4, -0.2) is 5.43 Å². The van der Waals surface area contributed by atoms with Gasteiger partial charge in [-0.2, -0.15) is 12.1 Å². The molecule has 4 heteroatoms. The molecule has 0 nitrogen and oxygen atoms in total. The molecule has 10 rings (SSSR count). The van der Waals surface area contributed by atoms with Gasteiger partial charge in [-0.15, -0.1) is 69.1 Å². The van der Waals surface area contributed by atoms with Crippen molar-refractivity contribution in [2.45, 2.75) is 143 Å². The van der Waals surface area contributed by atoms with Gasteiger partial charge in [-0.1, -0.05) is 99.5 Å². The zero-order chi connectivity index (χ0) is 40.4. The van der Waals surface area contributed by atoms with E-state index in [0.29, 0.717) is 22.7 Å². The van der Waals surface area contributed by atoms with Crippen LogP contribution in [0.3, 0.4) is 0 Å². The van der Waals surface area contributed by atoms with E-state index >= 15 is 0 Å². The molecule has 0 amide bonds. The van der Waals surface area contributed by atoms with Gasteiger partial charge in [-0.05, 0) is 134 Å². The Morgan fingerprint density at radius 3 is 1.27 bits per heavy atom. The van der Waals surface area contributed by atoms with E-state index in [9.17, 15) is 0 Å². The fourth-order valence-corrected chi connectivity index (χ4v) is 14.3. The van der Waals surface area contributed by atoms with Crippen LogP contribution in [0, 0.1) is 22.7 Å². The van der Waals surface area contributed by atoms with Gasteiger partial charge in [0.25, 0.3) is 0 Å². The molecule has 6 aromatic rings. The summed E-state index contributed by atoms with van der Waals surface area (Å²) in [5, 5.41) is 5.69. The Kier molecular flexibility index (Phi) is 16.2. The van der Waals surface area contributed by atoms with Crippen LogP contribution in [0.25, 0.3) is 43.8 Å². The monoisotopic (exact) mass is 928 g/mol. The van der Waals surface area contributed by atoms with Crippen molar-refractivity contribution in [1.82, 2.24) is 0 Å². The minimum absolute atomic E-state index is 0. The maximum absolute atomic E-state index is 2.49. The first kappa shape index (κ1) is 47.3. The van der Waals surface area contributed by atoms with Gasteiger partial charge in [-0.3, -0.25) is 0 Å². The number of hydrogen-bond acceptors (Lipinski definition) is 0. The van der Waals surface area contributed by atoms with Gasteiger partial charge in [0.2, 0.25) is 0 Å². The van der Waals surface area contributed by atoms with E-state index in [1.807, 2.05) is 0 Å². The third kappa shape index (κ3) is 10.8. The first-order chi connectivity index (χ1) is 28.0. The molecular weight excluding hydrogens is 863 g/mol. The molecule has 6 aromatic carbocycles. The molecule has 0 atom stereocenters. The Hall–Kier alpha value is -2.22. The molecule has 316 valence electrons. The Morgan fingerprint density at radius 2 is 0.983 bits per heavy atom. The molecule has 60 heavy (non-hydrogen) atoms. The van der Waals surface area contributed by atoms with Crippen molar-refractivity contribution < 1.29 is 48.1 Å². The molecule has 0 spiro atoms. The normalized spacial score (nSPS) is 22.4. The summed E-state index contributed by atoms with van der Waals surface area (Å²) in [5.41, 5.74) is 12.9. The molecule has 4 bridgehead atoms. The Morgan fingerprint density at radius 1 is 0.600 bits per heavy atom. The number of rotatable bonds is 10. The topological polar surface area (TPSA) is 0 Å². The maximum atomic E-state index is 2.49. The van der Waals surface area contributed by atoms with E-state index in [1.54, 1.807) is 34.5 Å². The zero-order valence-corrected chi connectivity index (χ0v) is 42.3. The predicted molar refractivity (Wildman–Crippen MR) is 250 cm³/mol. The van der Waals surface area contributed by atoms with E-state index in [2.05, 4.69) is 150 Å². The van der Waals surface area contributed by atoms with Crippen LogP contribution >= 0.6 is 0 Å². The first-order valence-corrected chi connectivity index (χ1v) is 29.0. The van der Waals surface area contributed by atoms with Gasteiger partial charge in [0.05, 0.1) is 0 Å². The van der Waals surface area contributed by atoms with Crippen LogP contribution in [0.1, 0.15) is 139 Å². The summed E-state index contributed by atoms with van der Waals surface area (Å²) in [6, 6.07) is 43.4. The molecular formula is C56H68Cl2SiZr-2. The van der Waals surface area contributed by atoms with Crippen LogP contribution in [0.2, 0.25) is 12.6 Å². The van der Waals surface area contributed by atoms with Crippen LogP contribution in [0.4, 0.5) is 0 Å². The van der Waals surface area contributed by atoms with Gasteiger partial charge in [0.1, 0.15) is 0 Å². The van der Waals surface area contributed by atoms with Crippen LogP contribution < -0.4 is 24.8 Å². The van der Waals surface area contributed by atoms with E-state index in [1.165, 1.54) is 144 Å². The third-order valence-corrected chi connectivity index (χ3v) is 18.0. The molecule has 0 radical (unpaired) electrons. The zero-order valence-electron chi connectivity index (χ0n) is 37.4. The smallest absolute Gasteiger partial charge is 1.00 e. The number of fused-ring (bicyclic) bond motifs is 6. The SMILES string of the molecule is CC(C)c1ccc(-c2cccc3[cH-]c(CC45CCC(CC4)C5)cc23)cc1.CC(C)c1ccc(-c2cccc3[cH-]c(CC45CCC(CC4)C5)cc23)cc1.CCC[Si](C)=[Zr+2].[Cl-].[Cl-]. The number of halogens is 2. The molecule has 0 aliphatic heterocycles. The second-order valence-corrected chi connectivity index (χ2v) is 28.4. The molecule has 0 saturated heterocycles. The predicted octanol–water partition coefficient (Wildman–Crippen LogP) is 10.5. The molecule has 0 unspecified atom stereocenters. The Labute approximate surface area is 391 Å². The maximum Gasteiger partial charge on any atom is -1.00 e. The Bertz CT molecular complexity index is 2150. The van der Waals surface area contributed by atoms with Crippen LogP contribution in [0.5, 0.6) is 0 Å². The van der Waals surface area contributed by atoms with Gasteiger partial charge in [0, 0.05) is 0 Å². The van der Waals surface area contributed by atoms with Gasteiger partial charge < -0.3 is 24.8 Å². The fourth-order valence-electron chi connectivity index (χ4n) is 11.8. The molecule has 0 aromatic heterocycles. The van der Waals surface area contributed by atoms with E-state index in [4.69, 9.17) is 0 Å². The minimum atomic E-state index is 0. The van der Waals surface area contributed by atoms with Crippen molar-refractivity contribution in [3.8, 4) is 22.3 Å². The summed E-state index contributed by atoms with van der Waals surface area (Å²) < 4.78 is 0. The average molecular weight is 931 g/mol. The summed E-state index contributed by atoms with van der Waals surface area (Å²) >= 11 is 1.79. The molecule has 4 aliphatic carbocycles. The summed E-state index contributed by atoms with van der Waals surface area (Å²) in [5.74, 6) is 3.25. The largest absolute Gasteiger partial charge is 1.00 e. The summed E-state index contributed by atoms with van der Waals surface area (Å²) in [7, 11) is 0. The summed E-state index contributed by atoms with van der Waals surface area (Å²) in [6.07, 6.45) is 18.7. The summed E-state index contributed by atoms with van der Waals surface area (Å²) in [4.78, 5) is 0. The van der Waals surface area contributed by atoms with Crippen LogP contribution in [-0.2, 0) is 36.2 Å². The minimum Gasteiger partial charge on any atom is -1.00 e. The second kappa shape index (κ2) is 20.5. The van der Waals surface area contributed by atoms with Crippen LogP contribution in [0.15, 0.2) is 109 Å². The molecule has 4 fully saturated rings. The van der Waals surface area contributed by atoms with Crippen molar-refractivity contribution in [3.63, 3.8) is 0 Å². The second-order valence-electron chi connectivity index (χ2n) is 20.1. The third-order valence-electron chi connectivity index (χ3n) is 15.0. The quantitative estimate of drug-likeness (QED) is 0.0949. The fraction of sp³-hybridized carbons (Fsp3) is 0.464. The molecule has 0 N–H and O–H groups in total. The van der Waals surface area contributed by atoms with E-state index < -0.39 is 0 Å². The summed E-state index contributed by atoms with van der Waals surface area (Å²) in [6.45, 7) is 13.7. The number of hydrogen-bond donors (Lipinski definition) is 0. The first-order valence-electron chi connectivity index (χ1n) is 23.1. The average Bonchev–Trinajstić information content (AvgIpc) is 4.09. The standard InChI is InChI=1S/2C26H29.C4H10Si.2ClH.Zr/c2*1-18(2)21-6-8-22(9-7-21)24-5-3-4-23-14-20(15-25(23)24)17-26-12-10-19(16-26)11-13-26;1-3-4-5-2;;;/h2*3-9,14-15,18-19H,10-13,16-17H2,1-2H3;3-4H2,1-2H3;2*1H;/q2*-1;;;;+2/p-2. The van der Waals surface area contributed by atoms with E-state index in [-0.39, 0.29) is 30.2 Å². The van der Waals surface area contributed by atoms with Crippen molar-refractivity contribution in [1.29, 1.82) is 0 Å². The van der Waals surface area contributed by atoms with Crippen molar-refractivity contribution in [2.75, 3.05) is 0 Å². The van der Waals surface area contributed by atoms with Gasteiger partial charge in [0.15, 0.2) is 0 Å². The Balaban J connectivity index is 0.000000172. The molecule has 4 aliphatic rings. The van der Waals surface area contributed by atoms with E-state index in [0.717, 1.165) is 11.8 Å². The van der Waals surface area contributed by atoms with Gasteiger partial charge >= 0.3 is 54.7 Å². The van der Waals surface area contributed by atoms with Crippen molar-refractivity contribution in [2.24, 2.45) is 22.7 Å². The van der Waals surface area contributed by atoms with Crippen molar-refractivity contribution in [3.05, 3.63) is 131 Å². The van der Waals surface area contributed by atoms with Gasteiger partial charge in [-0.25, -0.2) is 0 Å². The number of benzene rings is 4.